The number of carbonyl (C=O) groups excluding carboxylic acids is 2. The van der Waals surface area contributed by atoms with Gasteiger partial charge in [0, 0.05) is 18.6 Å². The molecule has 0 saturated carbocycles. The summed E-state index contributed by atoms with van der Waals surface area (Å²) in [7, 11) is 2.15. The number of hydrogen-bond acceptors (Lipinski definition) is 7. The van der Waals surface area contributed by atoms with Gasteiger partial charge in [-0.3, -0.25) is 19.7 Å². The predicted octanol–water partition coefficient (Wildman–Crippen LogP) is 2.14. The quantitative estimate of drug-likeness (QED) is 0.336. The number of halogens is 1. The molecule has 9 heteroatoms. The molecular weight excluding hydrogens is 328 g/mol. The summed E-state index contributed by atoms with van der Waals surface area (Å²) < 4.78 is 9.36. The van der Waals surface area contributed by atoms with E-state index in [4.69, 9.17) is 16.9 Å². The first-order valence-corrected chi connectivity index (χ1v) is 6.71. The molecule has 0 radical (unpaired) electrons. The fourth-order valence-electron chi connectivity index (χ4n) is 2.20. The molecule has 0 aliphatic heterocycles. The van der Waals surface area contributed by atoms with Crippen LogP contribution in [0.3, 0.4) is 0 Å². The fraction of sp³-hybridized carbons (Fsp3) is 0.357. The zero-order chi connectivity index (χ0) is 17.6. The molecule has 1 rings (SSSR count). The van der Waals surface area contributed by atoms with Gasteiger partial charge < -0.3 is 9.47 Å². The van der Waals surface area contributed by atoms with Gasteiger partial charge in [-0.15, -0.1) is 0 Å². The zero-order valence-electron chi connectivity index (χ0n) is 12.4. The normalized spacial score (nSPS) is 10.5. The Morgan fingerprint density at radius 2 is 1.91 bits per heavy atom. The molecule has 8 nitrogen and oxygen atoms in total. The van der Waals surface area contributed by atoms with Gasteiger partial charge in [0.05, 0.1) is 30.2 Å². The summed E-state index contributed by atoms with van der Waals surface area (Å²) >= 11 is 6.04. The Kier molecular flexibility index (Phi) is 6.04. The van der Waals surface area contributed by atoms with Crippen molar-refractivity contribution in [3.05, 3.63) is 38.9 Å². The molecule has 0 unspecified atom stereocenters. The lowest BCUT2D eigenvalue weighted by Gasteiger charge is -2.28. The minimum Gasteiger partial charge on any atom is -0.468 e. The average molecular weight is 341 g/mol. The average Bonchev–Trinajstić information content (AvgIpc) is 2.55. The van der Waals surface area contributed by atoms with E-state index < -0.39 is 22.3 Å². The lowest BCUT2D eigenvalue weighted by atomic mass is 9.76. The number of nitro groups is 1. The van der Waals surface area contributed by atoms with Crippen LogP contribution in [0, 0.1) is 21.4 Å². The number of esters is 2. The van der Waals surface area contributed by atoms with Gasteiger partial charge in [-0.05, 0) is 18.1 Å². The highest BCUT2D eigenvalue weighted by Gasteiger charge is 2.51. The van der Waals surface area contributed by atoms with Gasteiger partial charge in [0.1, 0.15) is 0 Å². The second-order valence-corrected chi connectivity index (χ2v) is 4.88. The smallest absolute Gasteiger partial charge is 0.327 e. The Balaban J connectivity index is 3.62. The highest BCUT2D eigenvalue weighted by molar-refractivity contribution is 6.32. The number of rotatable bonds is 6. The molecule has 23 heavy (non-hydrogen) atoms. The molecule has 0 aliphatic carbocycles. The van der Waals surface area contributed by atoms with Crippen molar-refractivity contribution in [1.29, 1.82) is 5.26 Å². The van der Waals surface area contributed by atoms with Crippen LogP contribution in [0.4, 0.5) is 5.69 Å². The van der Waals surface area contributed by atoms with Crippen molar-refractivity contribution in [3.63, 3.8) is 0 Å². The minimum absolute atomic E-state index is 0.0151. The van der Waals surface area contributed by atoms with E-state index in [9.17, 15) is 19.7 Å². The number of benzene rings is 1. The van der Waals surface area contributed by atoms with E-state index >= 15 is 0 Å². The van der Waals surface area contributed by atoms with Gasteiger partial charge in [-0.25, -0.2) is 0 Å². The molecule has 0 spiro atoms. The number of hydrogen-bond donors (Lipinski definition) is 0. The van der Waals surface area contributed by atoms with E-state index in [-0.39, 0.29) is 29.1 Å². The molecule has 0 fully saturated rings. The number of ether oxygens (including phenoxy) is 2. The van der Waals surface area contributed by atoms with Crippen LogP contribution in [-0.2, 0) is 24.5 Å². The van der Waals surface area contributed by atoms with Gasteiger partial charge in [-0.2, -0.15) is 5.26 Å². The topological polar surface area (TPSA) is 120 Å². The van der Waals surface area contributed by atoms with Crippen LogP contribution in [0.15, 0.2) is 18.2 Å². The second kappa shape index (κ2) is 7.56. The van der Waals surface area contributed by atoms with E-state index in [0.29, 0.717) is 0 Å². The Morgan fingerprint density at radius 3 is 2.30 bits per heavy atom. The van der Waals surface area contributed by atoms with E-state index in [1.54, 1.807) is 0 Å². The van der Waals surface area contributed by atoms with E-state index in [2.05, 4.69) is 9.47 Å². The molecule has 0 amide bonds. The van der Waals surface area contributed by atoms with Crippen LogP contribution in [-0.4, -0.2) is 31.1 Å². The number of nitro benzene ring substituents is 1. The van der Waals surface area contributed by atoms with E-state index in [0.717, 1.165) is 26.4 Å². The van der Waals surface area contributed by atoms with Gasteiger partial charge in [0.25, 0.3) is 5.69 Å². The van der Waals surface area contributed by atoms with Crippen molar-refractivity contribution in [2.45, 2.75) is 18.3 Å². The molecule has 1 aromatic carbocycles. The van der Waals surface area contributed by atoms with Crippen molar-refractivity contribution >= 4 is 29.2 Å². The molecule has 122 valence electrons. The van der Waals surface area contributed by atoms with Crippen LogP contribution < -0.4 is 0 Å². The van der Waals surface area contributed by atoms with E-state index in [1.807, 2.05) is 6.07 Å². The van der Waals surface area contributed by atoms with Crippen molar-refractivity contribution in [3.8, 4) is 6.07 Å². The predicted molar refractivity (Wildman–Crippen MR) is 78.7 cm³/mol. The summed E-state index contributed by atoms with van der Waals surface area (Å²) in [6, 6.07) is 5.14. The second-order valence-electron chi connectivity index (χ2n) is 4.47. The van der Waals surface area contributed by atoms with Gasteiger partial charge in [0.2, 0.25) is 0 Å². The maximum Gasteiger partial charge on any atom is 0.327 e. The van der Waals surface area contributed by atoms with Crippen molar-refractivity contribution < 1.29 is 24.0 Å². The largest absolute Gasteiger partial charge is 0.468 e. The lowest BCUT2D eigenvalue weighted by Crippen LogP contribution is -2.45. The fourth-order valence-corrected chi connectivity index (χ4v) is 2.53. The number of nitrogens with zero attached hydrogens (tertiary/aromatic N) is 2. The summed E-state index contributed by atoms with van der Waals surface area (Å²) in [5, 5.41) is 19.4. The molecule has 0 N–H and O–H groups in total. The third kappa shape index (κ3) is 3.40. The third-order valence-corrected chi connectivity index (χ3v) is 3.62. The maximum absolute atomic E-state index is 12.3. The number of non-ortho nitro benzene ring substituents is 1. The van der Waals surface area contributed by atoms with E-state index in [1.165, 1.54) is 6.07 Å². The van der Waals surface area contributed by atoms with Gasteiger partial charge >= 0.3 is 11.9 Å². The standard InChI is InChI=1S/C14H13ClN2O6/c1-22-12(18)14(6-3-7-16,13(19)23-2)10-5-4-9(17(20)21)8-11(10)15/h4-5,8H,3,6H2,1-2H3. The van der Waals surface area contributed by atoms with Crippen LogP contribution in [0.2, 0.25) is 5.02 Å². The van der Waals surface area contributed by atoms with Crippen molar-refractivity contribution in [2.24, 2.45) is 0 Å². The molecule has 1 aromatic rings. The summed E-state index contributed by atoms with van der Waals surface area (Å²) in [5.41, 5.74) is -2.28. The minimum atomic E-state index is -1.97. The summed E-state index contributed by atoms with van der Waals surface area (Å²) in [6.07, 6.45) is -0.391. The summed E-state index contributed by atoms with van der Waals surface area (Å²) in [5.74, 6) is -1.93. The number of methoxy groups -OCH3 is 2. The highest BCUT2D eigenvalue weighted by atomic mass is 35.5. The maximum atomic E-state index is 12.3. The SMILES string of the molecule is COC(=O)C(CCC#N)(C(=O)OC)c1ccc([N+](=O)[O-])cc1Cl. The third-order valence-electron chi connectivity index (χ3n) is 3.30. The summed E-state index contributed by atoms with van der Waals surface area (Å²) in [4.78, 5) is 34.7. The van der Waals surface area contributed by atoms with Crippen LogP contribution in [0.5, 0.6) is 0 Å². The van der Waals surface area contributed by atoms with Crippen molar-refractivity contribution in [1.82, 2.24) is 0 Å². The Hall–Kier alpha value is -2.66. The number of nitriles is 1. The molecule has 0 saturated heterocycles. The van der Waals surface area contributed by atoms with Crippen LogP contribution in [0.25, 0.3) is 0 Å². The summed E-state index contributed by atoms with van der Waals surface area (Å²) in [6.45, 7) is 0. The van der Waals surface area contributed by atoms with Crippen molar-refractivity contribution in [2.75, 3.05) is 14.2 Å². The molecule has 0 bridgehead atoms. The van der Waals surface area contributed by atoms with Gasteiger partial charge in [0.15, 0.2) is 5.41 Å². The first-order chi connectivity index (χ1) is 10.8. The van der Waals surface area contributed by atoms with Crippen LogP contribution >= 0.6 is 11.6 Å². The Labute approximate surface area is 136 Å². The molecule has 0 heterocycles. The number of carbonyl (C=O) groups is 2. The zero-order valence-corrected chi connectivity index (χ0v) is 13.1. The molecule has 0 aliphatic rings. The first kappa shape index (κ1) is 18.4. The monoisotopic (exact) mass is 340 g/mol. The molecular formula is C14H13ClN2O6. The first-order valence-electron chi connectivity index (χ1n) is 6.33. The molecule has 0 atom stereocenters. The molecule has 0 aromatic heterocycles. The Morgan fingerprint density at radius 1 is 1.35 bits per heavy atom. The van der Waals surface area contributed by atoms with Crippen LogP contribution in [0.1, 0.15) is 18.4 Å². The van der Waals surface area contributed by atoms with Gasteiger partial charge in [-0.1, -0.05) is 11.6 Å². The highest BCUT2D eigenvalue weighted by Crippen LogP contribution is 2.38. The lowest BCUT2D eigenvalue weighted by molar-refractivity contribution is -0.384. The Bertz CT molecular complexity index is 666.